The van der Waals surface area contributed by atoms with Crippen molar-refractivity contribution >= 4 is 17.7 Å². The lowest BCUT2D eigenvalue weighted by atomic mass is 10.2. The molecular formula is C7H9N3O2S. The molecule has 13 heavy (non-hydrogen) atoms. The summed E-state index contributed by atoms with van der Waals surface area (Å²) in [6, 6.07) is 0. The summed E-state index contributed by atoms with van der Waals surface area (Å²) >= 11 is 1.54. The maximum atomic E-state index is 11.2. The fraction of sp³-hybridized carbons (Fsp3) is 0.571. The van der Waals surface area contributed by atoms with Crippen LogP contribution in [0.4, 0.5) is 0 Å². The van der Waals surface area contributed by atoms with E-state index in [-0.39, 0.29) is 11.9 Å². The Morgan fingerprint density at radius 1 is 1.85 bits per heavy atom. The molecule has 2 heterocycles. The minimum Gasteiger partial charge on any atom is -0.469 e. The highest BCUT2D eigenvalue weighted by Crippen LogP contribution is 2.25. The highest BCUT2D eigenvalue weighted by atomic mass is 32.2. The van der Waals surface area contributed by atoms with Crippen LogP contribution in [0, 0.1) is 5.92 Å². The average Bonchev–Trinajstić information content (AvgIpc) is 2.63. The minimum atomic E-state index is -0.173. The van der Waals surface area contributed by atoms with Crippen molar-refractivity contribution in [3.63, 3.8) is 0 Å². The first-order chi connectivity index (χ1) is 6.31. The minimum absolute atomic E-state index is 0.0933. The maximum Gasteiger partial charge on any atom is 0.311 e. The fourth-order valence-electron chi connectivity index (χ4n) is 1.24. The molecule has 0 saturated heterocycles. The first-order valence-corrected chi connectivity index (χ1v) is 4.88. The molecule has 1 atom stereocenters. The fourth-order valence-corrected chi connectivity index (χ4v) is 2.22. The van der Waals surface area contributed by atoms with Crippen LogP contribution in [0.25, 0.3) is 0 Å². The van der Waals surface area contributed by atoms with Gasteiger partial charge in [-0.3, -0.25) is 4.79 Å². The van der Waals surface area contributed by atoms with Crippen LogP contribution in [0.2, 0.25) is 0 Å². The Labute approximate surface area is 79.5 Å². The van der Waals surface area contributed by atoms with Crippen molar-refractivity contribution in [3.05, 3.63) is 6.33 Å². The zero-order valence-electron chi connectivity index (χ0n) is 7.14. The Balaban J connectivity index is 2.13. The molecule has 6 heteroatoms. The number of carbonyl (C=O) groups excluding carboxylic acids is 1. The van der Waals surface area contributed by atoms with Crippen LogP contribution in [0.1, 0.15) is 0 Å². The van der Waals surface area contributed by atoms with Crippen LogP contribution in [-0.4, -0.2) is 33.6 Å². The summed E-state index contributed by atoms with van der Waals surface area (Å²) in [6.45, 7) is 0.578. The van der Waals surface area contributed by atoms with Crippen molar-refractivity contribution in [2.24, 2.45) is 5.92 Å². The number of aromatic nitrogens is 3. The van der Waals surface area contributed by atoms with Gasteiger partial charge < -0.3 is 4.74 Å². The van der Waals surface area contributed by atoms with Crippen molar-refractivity contribution in [1.29, 1.82) is 0 Å². The zero-order chi connectivity index (χ0) is 9.26. The van der Waals surface area contributed by atoms with Gasteiger partial charge in [-0.15, -0.1) is 0 Å². The van der Waals surface area contributed by atoms with Crippen LogP contribution >= 0.6 is 11.8 Å². The number of hydrogen-bond donors (Lipinski definition) is 0. The van der Waals surface area contributed by atoms with E-state index in [4.69, 9.17) is 0 Å². The molecule has 0 bridgehead atoms. The first-order valence-electron chi connectivity index (χ1n) is 3.89. The number of thioether (sulfide) groups is 1. The van der Waals surface area contributed by atoms with Gasteiger partial charge in [0.05, 0.1) is 19.6 Å². The number of nitrogens with zero attached hydrogens (tertiary/aromatic N) is 3. The van der Waals surface area contributed by atoms with E-state index in [1.165, 1.54) is 25.2 Å². The molecule has 5 nitrogen and oxygen atoms in total. The number of hydrogen-bond acceptors (Lipinski definition) is 5. The Morgan fingerprint density at radius 2 is 2.69 bits per heavy atom. The lowest BCUT2D eigenvalue weighted by Crippen LogP contribution is -2.28. The molecule has 1 aliphatic heterocycles. The van der Waals surface area contributed by atoms with Gasteiger partial charge in [0.1, 0.15) is 6.33 Å². The molecule has 2 rings (SSSR count). The van der Waals surface area contributed by atoms with Crippen molar-refractivity contribution in [1.82, 2.24) is 14.8 Å². The SMILES string of the molecule is COC(=O)C1CSc2ncnn2C1. The van der Waals surface area contributed by atoms with Gasteiger partial charge in [0.25, 0.3) is 0 Å². The normalized spacial score (nSPS) is 20.8. The van der Waals surface area contributed by atoms with Gasteiger partial charge in [-0.25, -0.2) is 9.67 Å². The van der Waals surface area contributed by atoms with Crippen LogP contribution in [0.3, 0.4) is 0 Å². The summed E-state index contributed by atoms with van der Waals surface area (Å²) in [5.41, 5.74) is 0. The van der Waals surface area contributed by atoms with Crippen molar-refractivity contribution in [3.8, 4) is 0 Å². The van der Waals surface area contributed by atoms with E-state index in [0.717, 1.165) is 10.9 Å². The highest BCUT2D eigenvalue weighted by Gasteiger charge is 2.26. The van der Waals surface area contributed by atoms with Gasteiger partial charge in [0, 0.05) is 5.75 Å². The quantitative estimate of drug-likeness (QED) is 0.603. The highest BCUT2D eigenvalue weighted by molar-refractivity contribution is 7.99. The van der Waals surface area contributed by atoms with E-state index in [0.29, 0.717) is 6.54 Å². The lowest BCUT2D eigenvalue weighted by Gasteiger charge is -2.19. The monoisotopic (exact) mass is 199 g/mol. The van der Waals surface area contributed by atoms with E-state index in [9.17, 15) is 4.79 Å². The van der Waals surface area contributed by atoms with Gasteiger partial charge in [-0.1, -0.05) is 11.8 Å². The summed E-state index contributed by atoms with van der Waals surface area (Å²) in [5, 5.41) is 4.88. The number of carbonyl (C=O) groups is 1. The van der Waals surface area contributed by atoms with Crippen LogP contribution < -0.4 is 0 Å². The van der Waals surface area contributed by atoms with E-state index < -0.39 is 0 Å². The first kappa shape index (κ1) is 8.55. The van der Waals surface area contributed by atoms with E-state index >= 15 is 0 Å². The van der Waals surface area contributed by atoms with Gasteiger partial charge in [-0.05, 0) is 0 Å². The molecule has 1 aliphatic rings. The zero-order valence-corrected chi connectivity index (χ0v) is 7.95. The van der Waals surface area contributed by atoms with Gasteiger partial charge in [0.2, 0.25) is 0 Å². The molecule has 0 N–H and O–H groups in total. The summed E-state index contributed by atoms with van der Waals surface area (Å²) < 4.78 is 6.40. The summed E-state index contributed by atoms with van der Waals surface area (Å²) in [6.07, 6.45) is 1.50. The number of methoxy groups -OCH3 is 1. The molecule has 0 saturated carbocycles. The molecule has 0 aliphatic carbocycles. The molecule has 0 radical (unpaired) electrons. The standard InChI is InChI=1S/C7H9N3O2S/c1-12-6(11)5-2-10-7(13-3-5)8-4-9-10/h4-5H,2-3H2,1H3. The van der Waals surface area contributed by atoms with Crippen molar-refractivity contribution in [2.75, 3.05) is 12.9 Å². The summed E-state index contributed by atoms with van der Waals surface area (Å²) in [7, 11) is 1.41. The Bertz CT molecular complexity index is 325. The predicted molar refractivity (Wildman–Crippen MR) is 46.3 cm³/mol. The van der Waals surface area contributed by atoms with Gasteiger partial charge in [0.15, 0.2) is 5.16 Å². The van der Waals surface area contributed by atoms with Crippen LogP contribution in [0.15, 0.2) is 11.5 Å². The molecular weight excluding hydrogens is 190 g/mol. The molecule has 0 spiro atoms. The van der Waals surface area contributed by atoms with Crippen molar-refractivity contribution in [2.45, 2.75) is 11.7 Å². The van der Waals surface area contributed by atoms with Crippen molar-refractivity contribution < 1.29 is 9.53 Å². The topological polar surface area (TPSA) is 57.0 Å². The molecule has 0 fully saturated rings. The third-order valence-electron chi connectivity index (χ3n) is 1.92. The number of esters is 1. The molecule has 1 unspecified atom stereocenters. The maximum absolute atomic E-state index is 11.2. The molecule has 0 aromatic carbocycles. The molecule has 1 aromatic heterocycles. The number of fused-ring (bicyclic) bond motifs is 1. The van der Waals surface area contributed by atoms with Crippen LogP contribution in [-0.2, 0) is 16.1 Å². The Hall–Kier alpha value is -1.04. The largest absolute Gasteiger partial charge is 0.469 e. The average molecular weight is 199 g/mol. The Kier molecular flexibility index (Phi) is 2.22. The van der Waals surface area contributed by atoms with E-state index in [1.54, 1.807) is 4.68 Å². The third kappa shape index (κ3) is 1.53. The van der Waals surface area contributed by atoms with Gasteiger partial charge in [-0.2, -0.15) is 5.10 Å². The number of ether oxygens (including phenoxy) is 1. The lowest BCUT2D eigenvalue weighted by molar-refractivity contribution is -0.145. The number of rotatable bonds is 1. The Morgan fingerprint density at radius 3 is 3.46 bits per heavy atom. The summed E-state index contributed by atoms with van der Waals surface area (Å²) in [4.78, 5) is 15.2. The predicted octanol–water partition coefficient (Wildman–Crippen LogP) is 0.173. The van der Waals surface area contributed by atoms with Gasteiger partial charge >= 0.3 is 5.97 Å². The third-order valence-corrected chi connectivity index (χ3v) is 3.06. The molecule has 1 aromatic rings. The second kappa shape index (κ2) is 3.37. The summed E-state index contributed by atoms with van der Waals surface area (Å²) in [5.74, 6) is 0.462. The van der Waals surface area contributed by atoms with E-state index in [1.807, 2.05) is 0 Å². The second-order valence-corrected chi connectivity index (χ2v) is 3.74. The second-order valence-electron chi connectivity index (χ2n) is 2.76. The molecule has 0 amide bonds. The van der Waals surface area contributed by atoms with Crippen LogP contribution in [0.5, 0.6) is 0 Å². The molecule has 70 valence electrons. The van der Waals surface area contributed by atoms with E-state index in [2.05, 4.69) is 14.8 Å². The smallest absolute Gasteiger partial charge is 0.311 e.